The van der Waals surface area contributed by atoms with E-state index in [1.165, 1.54) is 0 Å². The Bertz CT molecular complexity index is 1050. The highest BCUT2D eigenvalue weighted by Gasteiger charge is 2.35. The summed E-state index contributed by atoms with van der Waals surface area (Å²) in [6.07, 6.45) is 1.70. The summed E-state index contributed by atoms with van der Waals surface area (Å²) in [5, 5.41) is 0. The molecule has 2 aromatic rings. The van der Waals surface area contributed by atoms with Crippen LogP contribution in [-0.2, 0) is 6.54 Å². The molecule has 0 bridgehead atoms. The second kappa shape index (κ2) is 8.15. The number of fused-ring (bicyclic) bond motifs is 3. The molecule has 2 aromatic carbocycles. The maximum Gasteiger partial charge on any atom is 0.232 e. The third-order valence-corrected chi connectivity index (χ3v) is 5.67. The minimum Gasteiger partial charge on any atom is -0.493 e. The van der Waals surface area contributed by atoms with Gasteiger partial charge in [0.25, 0.3) is 0 Å². The summed E-state index contributed by atoms with van der Waals surface area (Å²) in [6, 6.07) is 5.80. The first-order valence-corrected chi connectivity index (χ1v) is 10.2. The molecule has 0 spiro atoms. The van der Waals surface area contributed by atoms with Crippen molar-refractivity contribution in [1.82, 2.24) is 4.90 Å². The van der Waals surface area contributed by atoms with E-state index in [0.29, 0.717) is 53.4 Å². The lowest BCUT2D eigenvalue weighted by Gasteiger charge is -2.32. The van der Waals surface area contributed by atoms with Gasteiger partial charge in [0.1, 0.15) is 18.2 Å². The van der Waals surface area contributed by atoms with Gasteiger partial charge in [0, 0.05) is 12.6 Å². The van der Waals surface area contributed by atoms with Crippen molar-refractivity contribution < 1.29 is 28.5 Å². The summed E-state index contributed by atoms with van der Waals surface area (Å²) in [4.78, 5) is 15.4. The molecule has 2 aliphatic heterocycles. The SMILES string of the molecule is COc1cc(/C=C2\Oc3c4c(cc(C)c3C2=O)OCN(C(C)C)C4)cc(OC)c1OC. The molecule has 0 N–H and O–H groups in total. The molecule has 0 atom stereocenters. The van der Waals surface area contributed by atoms with E-state index in [2.05, 4.69) is 18.7 Å². The van der Waals surface area contributed by atoms with Crippen LogP contribution in [0.5, 0.6) is 28.7 Å². The third kappa shape index (κ3) is 3.59. The Morgan fingerprint density at radius 1 is 1.06 bits per heavy atom. The van der Waals surface area contributed by atoms with E-state index in [4.69, 9.17) is 23.7 Å². The molecule has 0 aliphatic carbocycles. The van der Waals surface area contributed by atoms with Crippen LogP contribution in [0.25, 0.3) is 6.08 Å². The molecule has 0 radical (unpaired) electrons. The van der Waals surface area contributed by atoms with E-state index in [1.54, 1.807) is 39.5 Å². The first-order chi connectivity index (χ1) is 14.9. The number of benzene rings is 2. The van der Waals surface area contributed by atoms with Gasteiger partial charge in [-0.25, -0.2) is 0 Å². The number of hydrogen-bond donors (Lipinski definition) is 0. The molecular formula is C24H27NO6. The van der Waals surface area contributed by atoms with Gasteiger partial charge in [0.05, 0.1) is 32.5 Å². The monoisotopic (exact) mass is 425 g/mol. The number of Topliss-reactive ketones (excluding diaryl/α,β-unsaturated/α-hetero) is 1. The summed E-state index contributed by atoms with van der Waals surface area (Å²) in [6.45, 7) is 7.32. The van der Waals surface area contributed by atoms with Crippen molar-refractivity contribution in [3.63, 3.8) is 0 Å². The Morgan fingerprint density at radius 3 is 2.32 bits per heavy atom. The number of carbonyl (C=O) groups is 1. The number of ether oxygens (including phenoxy) is 5. The maximum absolute atomic E-state index is 13.2. The van der Waals surface area contributed by atoms with Crippen LogP contribution in [-0.4, -0.2) is 44.8 Å². The molecule has 4 rings (SSSR count). The minimum atomic E-state index is -0.147. The number of ketones is 1. The first kappa shape index (κ1) is 21.1. The van der Waals surface area contributed by atoms with E-state index in [-0.39, 0.29) is 11.5 Å². The van der Waals surface area contributed by atoms with Crippen LogP contribution in [0.3, 0.4) is 0 Å². The van der Waals surface area contributed by atoms with Crippen LogP contribution in [0.1, 0.15) is 40.9 Å². The van der Waals surface area contributed by atoms with Gasteiger partial charge in [-0.1, -0.05) is 0 Å². The maximum atomic E-state index is 13.2. The summed E-state index contributed by atoms with van der Waals surface area (Å²) in [5.41, 5.74) is 3.04. The zero-order chi connectivity index (χ0) is 22.3. The summed E-state index contributed by atoms with van der Waals surface area (Å²) in [7, 11) is 4.65. The zero-order valence-electron chi connectivity index (χ0n) is 18.7. The van der Waals surface area contributed by atoms with E-state index in [1.807, 2.05) is 13.0 Å². The Balaban J connectivity index is 1.76. The fourth-order valence-corrected chi connectivity index (χ4v) is 3.91. The predicted molar refractivity (Wildman–Crippen MR) is 116 cm³/mol. The lowest BCUT2D eigenvalue weighted by molar-refractivity contribution is 0.0673. The van der Waals surface area contributed by atoms with E-state index in [9.17, 15) is 4.79 Å². The topological polar surface area (TPSA) is 66.5 Å². The third-order valence-electron chi connectivity index (χ3n) is 5.67. The molecule has 0 fully saturated rings. The smallest absolute Gasteiger partial charge is 0.232 e. The summed E-state index contributed by atoms with van der Waals surface area (Å²) in [5.74, 6) is 2.97. The summed E-state index contributed by atoms with van der Waals surface area (Å²) < 4.78 is 28.3. The molecule has 0 saturated carbocycles. The van der Waals surface area contributed by atoms with Crippen LogP contribution >= 0.6 is 0 Å². The van der Waals surface area contributed by atoms with Crippen molar-refractivity contribution in [2.45, 2.75) is 33.4 Å². The minimum absolute atomic E-state index is 0.147. The average Bonchev–Trinajstić information content (AvgIpc) is 3.09. The molecule has 164 valence electrons. The Kier molecular flexibility index (Phi) is 5.54. The zero-order valence-corrected chi connectivity index (χ0v) is 18.7. The second-order valence-electron chi connectivity index (χ2n) is 7.89. The average molecular weight is 425 g/mol. The summed E-state index contributed by atoms with van der Waals surface area (Å²) >= 11 is 0. The van der Waals surface area contributed by atoms with E-state index < -0.39 is 0 Å². The Labute approximate surface area is 182 Å². The van der Waals surface area contributed by atoms with Crippen LogP contribution in [0.2, 0.25) is 0 Å². The molecule has 7 heteroatoms. The molecule has 0 unspecified atom stereocenters. The molecule has 0 aromatic heterocycles. The second-order valence-corrected chi connectivity index (χ2v) is 7.89. The predicted octanol–water partition coefficient (Wildman–Crippen LogP) is 4.20. The van der Waals surface area contributed by atoms with Crippen molar-refractivity contribution in [2.24, 2.45) is 0 Å². The molecule has 0 amide bonds. The molecule has 0 saturated heterocycles. The van der Waals surface area contributed by atoms with E-state index in [0.717, 1.165) is 16.9 Å². The number of methoxy groups -OCH3 is 3. The largest absolute Gasteiger partial charge is 0.493 e. The first-order valence-electron chi connectivity index (χ1n) is 10.2. The number of rotatable bonds is 5. The number of carbonyl (C=O) groups excluding carboxylic acids is 1. The number of allylic oxidation sites excluding steroid dienone is 1. The highest BCUT2D eigenvalue weighted by Crippen LogP contribution is 2.45. The van der Waals surface area contributed by atoms with Crippen LogP contribution in [0, 0.1) is 6.92 Å². The lowest BCUT2D eigenvalue weighted by atomic mass is 9.98. The van der Waals surface area contributed by atoms with Gasteiger partial charge in [-0.2, -0.15) is 0 Å². The standard InChI is InChI=1S/C24H27NO6/c1-13(2)25-11-16-17(30-12-25)7-14(3)21-22(26)18(31-23(16)21)8-15-9-19(27-4)24(29-6)20(10-15)28-5/h7-10,13H,11-12H2,1-6H3/b18-8-. The van der Waals surface area contributed by atoms with Crippen LogP contribution < -0.4 is 23.7 Å². The molecule has 2 heterocycles. The molecule has 2 aliphatic rings. The lowest BCUT2D eigenvalue weighted by Crippen LogP contribution is -2.37. The Morgan fingerprint density at radius 2 is 1.74 bits per heavy atom. The normalized spacial score (nSPS) is 16.6. The number of hydrogen-bond acceptors (Lipinski definition) is 7. The van der Waals surface area contributed by atoms with E-state index >= 15 is 0 Å². The van der Waals surface area contributed by atoms with Crippen molar-refractivity contribution in [3.8, 4) is 28.7 Å². The quantitative estimate of drug-likeness (QED) is 0.665. The van der Waals surface area contributed by atoms with Gasteiger partial charge in [0.15, 0.2) is 17.3 Å². The number of aryl methyl sites for hydroxylation is 1. The fraction of sp³-hybridized carbons (Fsp3) is 0.375. The van der Waals surface area contributed by atoms with Crippen molar-refractivity contribution in [1.29, 1.82) is 0 Å². The molecule has 7 nitrogen and oxygen atoms in total. The van der Waals surface area contributed by atoms with Crippen molar-refractivity contribution in [3.05, 3.63) is 46.2 Å². The van der Waals surface area contributed by atoms with Crippen LogP contribution in [0.4, 0.5) is 0 Å². The van der Waals surface area contributed by atoms with Crippen molar-refractivity contribution >= 4 is 11.9 Å². The van der Waals surface area contributed by atoms with Crippen LogP contribution in [0.15, 0.2) is 24.0 Å². The Hall–Kier alpha value is -3.19. The highest BCUT2D eigenvalue weighted by molar-refractivity contribution is 6.16. The van der Waals surface area contributed by atoms with Gasteiger partial charge >= 0.3 is 0 Å². The van der Waals surface area contributed by atoms with Gasteiger partial charge in [-0.3, -0.25) is 9.69 Å². The van der Waals surface area contributed by atoms with Crippen molar-refractivity contribution in [2.75, 3.05) is 28.1 Å². The molecular weight excluding hydrogens is 398 g/mol. The van der Waals surface area contributed by atoms with Gasteiger partial charge in [-0.15, -0.1) is 0 Å². The fourth-order valence-electron chi connectivity index (χ4n) is 3.91. The number of nitrogens with zero attached hydrogens (tertiary/aromatic N) is 1. The van der Waals surface area contributed by atoms with Gasteiger partial charge < -0.3 is 23.7 Å². The van der Waals surface area contributed by atoms with Gasteiger partial charge in [0.2, 0.25) is 11.5 Å². The molecule has 31 heavy (non-hydrogen) atoms. The highest BCUT2D eigenvalue weighted by atomic mass is 16.5. The van der Waals surface area contributed by atoms with Gasteiger partial charge in [-0.05, 0) is 56.2 Å².